The fourth-order valence-corrected chi connectivity index (χ4v) is 1.85. The summed E-state index contributed by atoms with van der Waals surface area (Å²) < 4.78 is 5.06. The second-order valence-electron chi connectivity index (χ2n) is 4.54. The number of carbonyl (C=O) groups is 1. The van der Waals surface area contributed by atoms with Crippen LogP contribution in [0.15, 0.2) is 18.5 Å². The molecular weight excluding hydrogens is 242 g/mol. The molecule has 106 valence electrons. The molecule has 1 heterocycles. The minimum atomic E-state index is 0.00500. The Balaban J connectivity index is 2.95. The molecule has 0 aliphatic rings. The van der Waals surface area contributed by atoms with Gasteiger partial charge in [-0.25, -0.2) is 0 Å². The van der Waals surface area contributed by atoms with Gasteiger partial charge >= 0.3 is 0 Å². The van der Waals surface area contributed by atoms with E-state index in [0.29, 0.717) is 18.7 Å². The third kappa shape index (κ3) is 4.21. The van der Waals surface area contributed by atoms with Gasteiger partial charge in [-0.2, -0.15) is 0 Å². The molecule has 0 unspecified atom stereocenters. The zero-order valence-electron chi connectivity index (χ0n) is 12.1. The van der Waals surface area contributed by atoms with Gasteiger partial charge in [0.2, 0.25) is 0 Å². The SMILES string of the molecule is CCNc1cnccc1C(=O)N(CCOC)C(C)C. The number of ether oxygens (including phenoxy) is 1. The largest absolute Gasteiger partial charge is 0.383 e. The molecule has 1 rings (SSSR count). The molecule has 0 radical (unpaired) electrons. The first-order valence-electron chi connectivity index (χ1n) is 6.59. The van der Waals surface area contributed by atoms with Crippen molar-refractivity contribution in [3.05, 3.63) is 24.0 Å². The number of anilines is 1. The first-order chi connectivity index (χ1) is 9.11. The van der Waals surface area contributed by atoms with Gasteiger partial charge in [0.25, 0.3) is 5.91 Å². The van der Waals surface area contributed by atoms with Crippen molar-refractivity contribution in [2.75, 3.05) is 32.1 Å². The Kier molecular flexibility index (Phi) is 6.29. The van der Waals surface area contributed by atoms with Crippen LogP contribution in [0.1, 0.15) is 31.1 Å². The fraction of sp³-hybridized carbons (Fsp3) is 0.571. The highest BCUT2D eigenvalue weighted by atomic mass is 16.5. The number of pyridine rings is 1. The molecule has 0 atom stereocenters. The second kappa shape index (κ2) is 7.74. The molecule has 0 fully saturated rings. The summed E-state index contributed by atoms with van der Waals surface area (Å²) in [5, 5.41) is 3.17. The maximum Gasteiger partial charge on any atom is 0.256 e. The lowest BCUT2D eigenvalue weighted by molar-refractivity contribution is 0.0636. The van der Waals surface area contributed by atoms with Crippen LogP contribution in [0.4, 0.5) is 5.69 Å². The van der Waals surface area contributed by atoms with Gasteiger partial charge in [-0.05, 0) is 26.8 Å². The summed E-state index contributed by atoms with van der Waals surface area (Å²) in [5.41, 5.74) is 1.43. The Morgan fingerprint density at radius 3 is 2.84 bits per heavy atom. The molecule has 1 N–H and O–H groups in total. The summed E-state index contributed by atoms with van der Waals surface area (Å²) in [6.07, 6.45) is 3.33. The summed E-state index contributed by atoms with van der Waals surface area (Å²) >= 11 is 0. The van der Waals surface area contributed by atoms with Crippen LogP contribution in [0.3, 0.4) is 0 Å². The molecular formula is C14H23N3O2. The number of nitrogens with zero attached hydrogens (tertiary/aromatic N) is 2. The van der Waals surface area contributed by atoms with Crippen LogP contribution in [-0.4, -0.2) is 48.6 Å². The molecule has 19 heavy (non-hydrogen) atoms. The quantitative estimate of drug-likeness (QED) is 0.819. The Morgan fingerprint density at radius 2 is 2.26 bits per heavy atom. The van der Waals surface area contributed by atoms with Crippen LogP contribution in [-0.2, 0) is 4.74 Å². The molecule has 0 saturated heterocycles. The van der Waals surface area contributed by atoms with Crippen LogP contribution in [0.25, 0.3) is 0 Å². The van der Waals surface area contributed by atoms with Crippen molar-refractivity contribution >= 4 is 11.6 Å². The van der Waals surface area contributed by atoms with E-state index in [1.165, 1.54) is 0 Å². The summed E-state index contributed by atoms with van der Waals surface area (Å²) in [5.74, 6) is 0.00500. The number of carbonyl (C=O) groups excluding carboxylic acids is 1. The molecule has 0 bridgehead atoms. The highest BCUT2D eigenvalue weighted by Gasteiger charge is 2.20. The molecule has 0 spiro atoms. The third-order valence-corrected chi connectivity index (χ3v) is 2.84. The topological polar surface area (TPSA) is 54.5 Å². The van der Waals surface area contributed by atoms with E-state index in [2.05, 4.69) is 10.3 Å². The van der Waals surface area contributed by atoms with Crippen molar-refractivity contribution in [3.63, 3.8) is 0 Å². The van der Waals surface area contributed by atoms with E-state index in [-0.39, 0.29) is 11.9 Å². The molecule has 0 saturated carbocycles. The van der Waals surface area contributed by atoms with Crippen molar-refractivity contribution in [3.8, 4) is 0 Å². The molecule has 0 aliphatic heterocycles. The number of hydrogen-bond donors (Lipinski definition) is 1. The fourth-order valence-electron chi connectivity index (χ4n) is 1.85. The lowest BCUT2D eigenvalue weighted by Gasteiger charge is -2.27. The second-order valence-corrected chi connectivity index (χ2v) is 4.54. The number of aromatic nitrogens is 1. The number of nitrogens with one attached hydrogen (secondary N) is 1. The van der Waals surface area contributed by atoms with Crippen molar-refractivity contribution < 1.29 is 9.53 Å². The summed E-state index contributed by atoms with van der Waals surface area (Å²) in [6.45, 7) is 7.87. The predicted octanol–water partition coefficient (Wildman–Crippen LogP) is 2.01. The molecule has 1 amide bonds. The Labute approximate surface area is 115 Å². The van der Waals surface area contributed by atoms with Crippen molar-refractivity contribution in [1.82, 2.24) is 9.88 Å². The summed E-state index contributed by atoms with van der Waals surface area (Å²) in [6, 6.07) is 1.88. The van der Waals surface area contributed by atoms with Crippen molar-refractivity contribution in [1.29, 1.82) is 0 Å². The van der Waals surface area contributed by atoms with Crippen molar-refractivity contribution in [2.45, 2.75) is 26.8 Å². The lowest BCUT2D eigenvalue weighted by atomic mass is 10.1. The van der Waals surface area contributed by atoms with Crippen LogP contribution in [0.5, 0.6) is 0 Å². The molecule has 5 nitrogen and oxygen atoms in total. The van der Waals surface area contributed by atoms with Crippen molar-refractivity contribution in [2.24, 2.45) is 0 Å². The van der Waals surface area contributed by atoms with Gasteiger partial charge in [-0.1, -0.05) is 0 Å². The van der Waals surface area contributed by atoms with Gasteiger partial charge < -0.3 is 15.0 Å². The molecule has 0 aliphatic carbocycles. The first kappa shape index (κ1) is 15.4. The predicted molar refractivity (Wildman–Crippen MR) is 76.4 cm³/mol. The first-order valence-corrected chi connectivity index (χ1v) is 6.59. The van der Waals surface area contributed by atoms with Gasteiger partial charge in [0.15, 0.2) is 0 Å². The van der Waals surface area contributed by atoms with E-state index in [0.717, 1.165) is 12.2 Å². The van der Waals surface area contributed by atoms with Crippen LogP contribution >= 0.6 is 0 Å². The standard InChI is InChI=1S/C14H23N3O2/c1-5-16-13-10-15-7-6-12(13)14(18)17(11(2)3)8-9-19-4/h6-7,10-11,16H,5,8-9H2,1-4H3. The molecule has 1 aromatic heterocycles. The smallest absolute Gasteiger partial charge is 0.256 e. The summed E-state index contributed by atoms with van der Waals surface area (Å²) in [7, 11) is 1.64. The lowest BCUT2D eigenvalue weighted by Crippen LogP contribution is -2.39. The van der Waals surface area contributed by atoms with E-state index in [1.807, 2.05) is 20.8 Å². The van der Waals surface area contributed by atoms with E-state index < -0.39 is 0 Å². The number of methoxy groups -OCH3 is 1. The van der Waals surface area contributed by atoms with E-state index in [9.17, 15) is 4.79 Å². The minimum Gasteiger partial charge on any atom is -0.383 e. The Hall–Kier alpha value is -1.62. The number of rotatable bonds is 7. The maximum absolute atomic E-state index is 12.6. The zero-order chi connectivity index (χ0) is 14.3. The molecule has 1 aromatic rings. The van der Waals surface area contributed by atoms with Gasteiger partial charge in [0.05, 0.1) is 24.1 Å². The third-order valence-electron chi connectivity index (χ3n) is 2.84. The van der Waals surface area contributed by atoms with Crippen LogP contribution in [0.2, 0.25) is 0 Å². The number of hydrogen-bond acceptors (Lipinski definition) is 4. The minimum absolute atomic E-state index is 0.00500. The van der Waals surface area contributed by atoms with E-state index >= 15 is 0 Å². The van der Waals surface area contributed by atoms with Crippen LogP contribution in [0, 0.1) is 0 Å². The van der Waals surface area contributed by atoms with Gasteiger partial charge in [-0.15, -0.1) is 0 Å². The zero-order valence-corrected chi connectivity index (χ0v) is 12.1. The van der Waals surface area contributed by atoms with Gasteiger partial charge in [0, 0.05) is 32.4 Å². The number of amides is 1. The van der Waals surface area contributed by atoms with Crippen LogP contribution < -0.4 is 5.32 Å². The van der Waals surface area contributed by atoms with E-state index in [1.54, 1.807) is 30.5 Å². The Bertz CT molecular complexity index is 407. The highest BCUT2D eigenvalue weighted by molar-refractivity contribution is 5.99. The highest BCUT2D eigenvalue weighted by Crippen LogP contribution is 2.17. The van der Waals surface area contributed by atoms with E-state index in [4.69, 9.17) is 4.74 Å². The van der Waals surface area contributed by atoms with Gasteiger partial charge in [0.1, 0.15) is 0 Å². The molecule has 0 aromatic carbocycles. The molecule has 5 heteroatoms. The maximum atomic E-state index is 12.6. The average molecular weight is 265 g/mol. The normalized spacial score (nSPS) is 10.6. The monoisotopic (exact) mass is 265 g/mol. The average Bonchev–Trinajstić information content (AvgIpc) is 2.39. The summed E-state index contributed by atoms with van der Waals surface area (Å²) in [4.78, 5) is 18.5. The Morgan fingerprint density at radius 1 is 1.53 bits per heavy atom. The van der Waals surface area contributed by atoms with Gasteiger partial charge in [-0.3, -0.25) is 9.78 Å².